The Kier molecular flexibility index (Phi) is 5.01. The first-order valence-electron chi connectivity index (χ1n) is 8.16. The van der Waals surface area contributed by atoms with Gasteiger partial charge in [-0.05, 0) is 48.4 Å². The summed E-state index contributed by atoms with van der Waals surface area (Å²) in [5.41, 5.74) is 3.53. The first-order valence-corrected chi connectivity index (χ1v) is 8.16. The second-order valence-electron chi connectivity index (χ2n) is 6.10. The molecule has 0 fully saturated rings. The lowest BCUT2D eigenvalue weighted by Gasteiger charge is -2.25. The van der Waals surface area contributed by atoms with E-state index in [-0.39, 0.29) is 11.7 Å². The molecule has 1 amide bonds. The van der Waals surface area contributed by atoms with E-state index in [1.165, 1.54) is 29.8 Å². The average Bonchev–Trinajstić information content (AvgIpc) is 2.58. The Morgan fingerprint density at radius 2 is 2.17 bits per heavy atom. The number of nitrogens with one attached hydrogen (secondary N) is 1. The van der Waals surface area contributed by atoms with E-state index >= 15 is 0 Å². The molecule has 0 saturated carbocycles. The third kappa shape index (κ3) is 4.15. The number of fused-ring (bicyclic) bond motifs is 1. The Bertz CT molecular complexity index is 687. The van der Waals surface area contributed by atoms with E-state index in [0.29, 0.717) is 25.3 Å². The molecule has 0 radical (unpaired) electrons. The third-order valence-corrected chi connectivity index (χ3v) is 4.44. The minimum Gasteiger partial charge on any atom is -0.355 e. The number of nitrogens with zero attached hydrogens (tertiary/aromatic N) is 1. The highest BCUT2D eigenvalue weighted by atomic mass is 19.1. The average molecular weight is 312 g/mol. The fourth-order valence-electron chi connectivity index (χ4n) is 3.24. The van der Waals surface area contributed by atoms with E-state index in [1.54, 1.807) is 6.20 Å². The van der Waals surface area contributed by atoms with Crippen LogP contribution in [0.25, 0.3) is 0 Å². The number of pyridine rings is 1. The largest absolute Gasteiger partial charge is 0.355 e. The molecule has 120 valence electrons. The van der Waals surface area contributed by atoms with Crippen LogP contribution in [-0.2, 0) is 17.6 Å². The van der Waals surface area contributed by atoms with Gasteiger partial charge in [-0.3, -0.25) is 9.78 Å². The van der Waals surface area contributed by atoms with Crippen LogP contribution < -0.4 is 5.32 Å². The molecule has 3 nitrogen and oxygen atoms in total. The Balaban J connectivity index is 1.50. The highest BCUT2D eigenvalue weighted by Gasteiger charge is 2.20. The summed E-state index contributed by atoms with van der Waals surface area (Å²) in [6.45, 7) is 0.678. The predicted octanol–water partition coefficient (Wildman–Crippen LogP) is 3.39. The van der Waals surface area contributed by atoms with Crippen molar-refractivity contribution in [2.75, 3.05) is 6.54 Å². The topological polar surface area (TPSA) is 42.0 Å². The highest BCUT2D eigenvalue weighted by Crippen LogP contribution is 2.30. The molecule has 4 heteroatoms. The molecule has 23 heavy (non-hydrogen) atoms. The van der Waals surface area contributed by atoms with Gasteiger partial charge in [0.25, 0.3) is 0 Å². The minimum atomic E-state index is -0.360. The number of halogens is 1. The Morgan fingerprint density at radius 3 is 3.04 bits per heavy atom. The smallest absolute Gasteiger partial charge is 0.220 e. The van der Waals surface area contributed by atoms with Gasteiger partial charge in [0.05, 0.1) is 6.20 Å². The molecule has 1 atom stereocenters. The van der Waals surface area contributed by atoms with Crippen LogP contribution in [0, 0.1) is 5.82 Å². The van der Waals surface area contributed by atoms with Crippen molar-refractivity contribution >= 4 is 5.91 Å². The van der Waals surface area contributed by atoms with Crippen LogP contribution >= 0.6 is 0 Å². The Labute approximate surface area is 135 Å². The van der Waals surface area contributed by atoms with Crippen molar-refractivity contribution in [3.8, 4) is 0 Å². The predicted molar refractivity (Wildman–Crippen MR) is 87.6 cm³/mol. The molecule has 0 aliphatic heterocycles. The van der Waals surface area contributed by atoms with Gasteiger partial charge in [0.2, 0.25) is 5.91 Å². The number of carbonyl (C=O) groups excluding carboxylic acids is 1. The molecule has 1 unspecified atom stereocenters. The summed E-state index contributed by atoms with van der Waals surface area (Å²) in [5, 5.41) is 3.03. The van der Waals surface area contributed by atoms with Gasteiger partial charge < -0.3 is 5.32 Å². The highest BCUT2D eigenvalue weighted by molar-refractivity contribution is 5.76. The number of amides is 1. The zero-order valence-electron chi connectivity index (χ0n) is 13.1. The monoisotopic (exact) mass is 312 g/mol. The van der Waals surface area contributed by atoms with Gasteiger partial charge in [-0.25, -0.2) is 4.39 Å². The summed E-state index contributed by atoms with van der Waals surface area (Å²) in [4.78, 5) is 15.8. The summed E-state index contributed by atoms with van der Waals surface area (Å²) >= 11 is 0. The van der Waals surface area contributed by atoms with E-state index in [2.05, 4.69) is 34.6 Å². The molecule has 0 spiro atoms. The summed E-state index contributed by atoms with van der Waals surface area (Å²) in [7, 11) is 0. The van der Waals surface area contributed by atoms with E-state index in [0.717, 1.165) is 18.4 Å². The molecule has 1 aromatic carbocycles. The fourth-order valence-corrected chi connectivity index (χ4v) is 3.24. The van der Waals surface area contributed by atoms with Gasteiger partial charge in [0.1, 0.15) is 5.82 Å². The molecule has 1 heterocycles. The van der Waals surface area contributed by atoms with Crippen LogP contribution in [0.2, 0.25) is 0 Å². The van der Waals surface area contributed by atoms with Crippen LogP contribution in [0.5, 0.6) is 0 Å². The molecule has 0 saturated heterocycles. The summed E-state index contributed by atoms with van der Waals surface area (Å²) in [5.74, 6) is 0.0544. The normalized spacial score (nSPS) is 16.7. The maximum atomic E-state index is 13.1. The van der Waals surface area contributed by atoms with Gasteiger partial charge in [-0.1, -0.05) is 24.3 Å². The zero-order chi connectivity index (χ0) is 16.1. The second-order valence-corrected chi connectivity index (χ2v) is 6.10. The van der Waals surface area contributed by atoms with E-state index in [9.17, 15) is 9.18 Å². The number of hydrogen-bond acceptors (Lipinski definition) is 2. The van der Waals surface area contributed by atoms with Gasteiger partial charge in [-0.2, -0.15) is 0 Å². The Morgan fingerprint density at radius 1 is 1.30 bits per heavy atom. The number of aromatic nitrogens is 1. The van der Waals surface area contributed by atoms with Crippen LogP contribution in [0.3, 0.4) is 0 Å². The third-order valence-electron chi connectivity index (χ3n) is 4.44. The minimum absolute atomic E-state index is 0.0114. The number of rotatable bonds is 5. The maximum absolute atomic E-state index is 13.1. The lowest BCUT2D eigenvalue weighted by molar-refractivity contribution is -0.121. The van der Waals surface area contributed by atoms with Gasteiger partial charge in [-0.15, -0.1) is 0 Å². The molecular weight excluding hydrogens is 291 g/mol. The van der Waals surface area contributed by atoms with Crippen molar-refractivity contribution in [1.29, 1.82) is 0 Å². The zero-order valence-corrected chi connectivity index (χ0v) is 13.1. The number of aryl methyl sites for hydroxylation is 2. The van der Waals surface area contributed by atoms with Gasteiger partial charge >= 0.3 is 0 Å². The number of benzene rings is 1. The lowest BCUT2D eigenvalue weighted by Crippen LogP contribution is -2.30. The summed E-state index contributed by atoms with van der Waals surface area (Å²) < 4.78 is 13.1. The van der Waals surface area contributed by atoms with Crippen LogP contribution in [0.15, 0.2) is 42.7 Å². The quantitative estimate of drug-likeness (QED) is 0.919. The SMILES string of the molecule is O=C(CCc1cncc(F)c1)NCC1CCCc2ccccc21. The molecule has 0 bridgehead atoms. The summed E-state index contributed by atoms with van der Waals surface area (Å²) in [6.07, 6.45) is 7.07. The fraction of sp³-hybridized carbons (Fsp3) is 0.368. The molecule has 1 aliphatic rings. The molecule has 1 N–H and O–H groups in total. The first kappa shape index (κ1) is 15.7. The van der Waals surface area contributed by atoms with Crippen molar-refractivity contribution in [2.24, 2.45) is 0 Å². The van der Waals surface area contributed by atoms with Crippen molar-refractivity contribution in [3.05, 3.63) is 65.2 Å². The first-order chi connectivity index (χ1) is 11.2. The molecule has 1 aromatic heterocycles. The van der Waals surface area contributed by atoms with Gasteiger partial charge in [0.15, 0.2) is 0 Å². The summed E-state index contributed by atoms with van der Waals surface area (Å²) in [6, 6.07) is 9.92. The van der Waals surface area contributed by atoms with Crippen molar-refractivity contribution in [2.45, 2.75) is 38.0 Å². The van der Waals surface area contributed by atoms with E-state index in [1.807, 2.05) is 0 Å². The van der Waals surface area contributed by atoms with Crippen LogP contribution in [0.1, 0.15) is 41.9 Å². The number of hydrogen-bond donors (Lipinski definition) is 1. The Hall–Kier alpha value is -2.23. The van der Waals surface area contributed by atoms with Crippen molar-refractivity contribution < 1.29 is 9.18 Å². The van der Waals surface area contributed by atoms with Crippen molar-refractivity contribution in [3.63, 3.8) is 0 Å². The molecule has 3 rings (SSSR count). The standard InChI is InChI=1S/C19H21FN2O/c20-17-10-14(11-21-13-17)8-9-19(23)22-12-16-6-3-5-15-4-1-2-7-18(15)16/h1-2,4,7,10-11,13,16H,3,5-6,8-9,12H2,(H,22,23). The molecular formula is C19H21FN2O. The van der Waals surface area contributed by atoms with E-state index in [4.69, 9.17) is 0 Å². The number of carbonyl (C=O) groups is 1. The lowest BCUT2D eigenvalue weighted by atomic mass is 9.83. The maximum Gasteiger partial charge on any atom is 0.220 e. The van der Waals surface area contributed by atoms with Crippen LogP contribution in [-0.4, -0.2) is 17.4 Å². The molecule has 1 aliphatic carbocycles. The van der Waals surface area contributed by atoms with E-state index < -0.39 is 0 Å². The van der Waals surface area contributed by atoms with Gasteiger partial charge in [0, 0.05) is 25.1 Å². The van der Waals surface area contributed by atoms with Crippen LogP contribution in [0.4, 0.5) is 4.39 Å². The van der Waals surface area contributed by atoms with Crippen molar-refractivity contribution in [1.82, 2.24) is 10.3 Å². The second kappa shape index (κ2) is 7.36. The molecule has 2 aromatic rings.